The lowest BCUT2D eigenvalue weighted by Gasteiger charge is -2.22. The number of methoxy groups -OCH3 is 1. The van der Waals surface area contributed by atoms with Gasteiger partial charge < -0.3 is 24.4 Å². The first kappa shape index (κ1) is 24.2. The van der Waals surface area contributed by atoms with E-state index in [0.717, 1.165) is 42.1 Å². The molecule has 1 saturated carbocycles. The van der Waals surface area contributed by atoms with Crippen LogP contribution in [0.5, 0.6) is 17.4 Å². The number of halogens is 1. The van der Waals surface area contributed by atoms with Gasteiger partial charge in [0.25, 0.3) is 0 Å². The summed E-state index contributed by atoms with van der Waals surface area (Å²) in [5.74, 6) is 3.68. The lowest BCUT2D eigenvalue weighted by molar-refractivity contribution is 0.115. The molecule has 1 heterocycles. The Labute approximate surface area is 195 Å². The zero-order valence-electron chi connectivity index (χ0n) is 17.8. The Morgan fingerprint density at radius 2 is 1.90 bits per heavy atom. The lowest BCUT2D eigenvalue weighted by atomic mass is 10.3. The van der Waals surface area contributed by atoms with Crippen molar-refractivity contribution in [1.29, 1.82) is 0 Å². The van der Waals surface area contributed by atoms with Gasteiger partial charge in [0.05, 0.1) is 13.7 Å². The molecule has 0 amide bonds. The maximum atomic E-state index is 5.76. The molecular weight excluding hydrogens is 495 g/mol. The number of aromatic nitrogens is 1. The molecule has 3 rings (SSSR count). The highest BCUT2D eigenvalue weighted by molar-refractivity contribution is 14.0. The molecule has 1 aromatic carbocycles. The second-order valence-electron chi connectivity index (χ2n) is 7.12. The molecule has 2 aromatic rings. The van der Waals surface area contributed by atoms with Crippen LogP contribution < -0.4 is 14.8 Å². The Bertz CT molecular complexity index is 780. The number of nitrogens with one attached hydrogen (secondary N) is 1. The normalized spacial score (nSPS) is 13.4. The highest BCUT2D eigenvalue weighted by Gasteiger charge is 2.21. The van der Waals surface area contributed by atoms with Crippen molar-refractivity contribution in [3.05, 3.63) is 48.2 Å². The second kappa shape index (κ2) is 12.6. The van der Waals surface area contributed by atoms with Crippen LogP contribution in [0.3, 0.4) is 0 Å². The van der Waals surface area contributed by atoms with Crippen LogP contribution in [0.4, 0.5) is 0 Å². The number of hydrogen-bond donors (Lipinski definition) is 1. The van der Waals surface area contributed by atoms with Crippen molar-refractivity contribution in [2.75, 3.05) is 41.0 Å². The number of hydrogen-bond acceptors (Lipinski definition) is 5. The number of aliphatic imine (C=N–C) groups is 1. The first-order valence-electron chi connectivity index (χ1n) is 9.94. The van der Waals surface area contributed by atoms with Gasteiger partial charge in [-0.05, 0) is 48.6 Å². The van der Waals surface area contributed by atoms with E-state index in [4.69, 9.17) is 14.2 Å². The van der Waals surface area contributed by atoms with E-state index < -0.39 is 0 Å². The molecule has 0 bridgehead atoms. The molecule has 30 heavy (non-hydrogen) atoms. The van der Waals surface area contributed by atoms with Gasteiger partial charge >= 0.3 is 0 Å². The number of likely N-dealkylation sites (N-methyl/N-ethyl adjacent to an activating group) is 1. The quantitative estimate of drug-likeness (QED) is 0.219. The number of nitrogens with zero attached hydrogens (tertiary/aromatic N) is 3. The fourth-order valence-electron chi connectivity index (χ4n) is 2.75. The molecule has 0 spiro atoms. The van der Waals surface area contributed by atoms with Gasteiger partial charge in [-0.25, -0.2) is 4.98 Å². The zero-order valence-corrected chi connectivity index (χ0v) is 20.2. The van der Waals surface area contributed by atoms with Crippen molar-refractivity contribution in [1.82, 2.24) is 15.2 Å². The van der Waals surface area contributed by atoms with E-state index in [9.17, 15) is 0 Å². The number of pyridine rings is 1. The molecule has 1 aliphatic carbocycles. The number of benzene rings is 1. The predicted octanol–water partition coefficient (Wildman–Crippen LogP) is 3.93. The highest BCUT2D eigenvalue weighted by Crippen LogP contribution is 2.28. The molecule has 1 aliphatic rings. The van der Waals surface area contributed by atoms with E-state index in [1.54, 1.807) is 20.4 Å². The summed E-state index contributed by atoms with van der Waals surface area (Å²) < 4.78 is 16.6. The van der Waals surface area contributed by atoms with Crippen molar-refractivity contribution in [2.45, 2.75) is 19.4 Å². The van der Waals surface area contributed by atoms with Crippen molar-refractivity contribution in [2.24, 2.45) is 10.9 Å². The van der Waals surface area contributed by atoms with Gasteiger partial charge in [0.15, 0.2) is 5.96 Å². The Hall–Kier alpha value is -2.07. The maximum absolute atomic E-state index is 5.76. The van der Waals surface area contributed by atoms with E-state index in [2.05, 4.69) is 20.2 Å². The predicted molar refractivity (Wildman–Crippen MR) is 129 cm³/mol. The Morgan fingerprint density at radius 3 is 2.50 bits per heavy atom. The van der Waals surface area contributed by atoms with Crippen molar-refractivity contribution in [3.8, 4) is 17.4 Å². The summed E-state index contributed by atoms with van der Waals surface area (Å²) in [6.45, 7) is 3.04. The molecule has 0 aliphatic heterocycles. The third kappa shape index (κ3) is 7.98. The topological polar surface area (TPSA) is 68.2 Å². The van der Waals surface area contributed by atoms with Crippen LogP contribution in [0.1, 0.15) is 18.4 Å². The SMILES string of the molecule is CN=C(NCc1ccc(Oc2ccc(OC)cc2)nc1)N(C)CCOCC1CC1.I. The summed E-state index contributed by atoms with van der Waals surface area (Å²) >= 11 is 0. The molecular formula is C22H31IN4O3. The zero-order chi connectivity index (χ0) is 20.5. The van der Waals surface area contributed by atoms with Crippen LogP contribution >= 0.6 is 24.0 Å². The van der Waals surface area contributed by atoms with Crippen molar-refractivity contribution < 1.29 is 14.2 Å². The molecule has 1 N–H and O–H groups in total. The Kier molecular flexibility index (Phi) is 10.2. The minimum atomic E-state index is 0. The molecule has 8 heteroatoms. The monoisotopic (exact) mass is 526 g/mol. The first-order valence-corrected chi connectivity index (χ1v) is 9.94. The molecule has 1 fully saturated rings. The van der Waals surface area contributed by atoms with Gasteiger partial charge in [0, 0.05) is 46.1 Å². The summed E-state index contributed by atoms with van der Waals surface area (Å²) in [5, 5.41) is 3.35. The lowest BCUT2D eigenvalue weighted by Crippen LogP contribution is -2.40. The van der Waals surface area contributed by atoms with Crippen LogP contribution in [0, 0.1) is 5.92 Å². The Balaban J connectivity index is 0.00000320. The largest absolute Gasteiger partial charge is 0.497 e. The molecule has 0 atom stereocenters. The molecule has 7 nitrogen and oxygen atoms in total. The number of guanidine groups is 1. The first-order chi connectivity index (χ1) is 14.2. The van der Waals surface area contributed by atoms with E-state index in [1.807, 2.05) is 43.4 Å². The summed E-state index contributed by atoms with van der Waals surface area (Å²) in [4.78, 5) is 10.8. The molecule has 0 unspecified atom stereocenters. The molecule has 1 aromatic heterocycles. The minimum absolute atomic E-state index is 0. The standard InChI is InChI=1S/C22H30N4O3.HI/c1-23-22(26(2)12-13-28-16-17-4-5-17)25-15-18-6-11-21(24-14-18)29-20-9-7-19(27-3)8-10-20;/h6-11,14,17H,4-5,12-13,15-16H2,1-3H3,(H,23,25);1H. The third-order valence-electron chi connectivity index (χ3n) is 4.72. The van der Waals surface area contributed by atoms with Gasteiger partial charge in [0.1, 0.15) is 11.5 Å². The van der Waals surface area contributed by atoms with E-state index in [1.165, 1.54) is 12.8 Å². The van der Waals surface area contributed by atoms with Crippen LogP contribution in [0.15, 0.2) is 47.6 Å². The van der Waals surface area contributed by atoms with Gasteiger partial charge in [-0.3, -0.25) is 4.99 Å². The Morgan fingerprint density at radius 1 is 1.17 bits per heavy atom. The summed E-state index contributed by atoms with van der Waals surface area (Å²) in [7, 11) is 5.44. The molecule has 0 saturated heterocycles. The van der Waals surface area contributed by atoms with Gasteiger partial charge in [-0.2, -0.15) is 0 Å². The van der Waals surface area contributed by atoms with Crippen LogP contribution in [0.2, 0.25) is 0 Å². The van der Waals surface area contributed by atoms with E-state index in [-0.39, 0.29) is 24.0 Å². The third-order valence-corrected chi connectivity index (χ3v) is 4.72. The number of ether oxygens (including phenoxy) is 3. The van der Waals surface area contributed by atoms with Crippen LogP contribution in [0.25, 0.3) is 0 Å². The summed E-state index contributed by atoms with van der Waals surface area (Å²) in [6.07, 6.45) is 4.44. The van der Waals surface area contributed by atoms with Gasteiger partial charge in [-0.15, -0.1) is 24.0 Å². The molecule has 164 valence electrons. The molecule has 0 radical (unpaired) electrons. The summed E-state index contributed by atoms with van der Waals surface area (Å²) in [6, 6.07) is 11.3. The van der Waals surface area contributed by atoms with Gasteiger partial charge in [0.2, 0.25) is 5.88 Å². The van der Waals surface area contributed by atoms with Crippen molar-refractivity contribution >= 4 is 29.9 Å². The fourth-order valence-corrected chi connectivity index (χ4v) is 2.75. The average molecular weight is 526 g/mol. The minimum Gasteiger partial charge on any atom is -0.497 e. The average Bonchev–Trinajstić information content (AvgIpc) is 3.58. The van der Waals surface area contributed by atoms with E-state index >= 15 is 0 Å². The van der Waals surface area contributed by atoms with Crippen LogP contribution in [-0.2, 0) is 11.3 Å². The van der Waals surface area contributed by atoms with Gasteiger partial charge in [-0.1, -0.05) is 6.07 Å². The maximum Gasteiger partial charge on any atom is 0.219 e. The smallest absolute Gasteiger partial charge is 0.219 e. The fraction of sp³-hybridized carbons (Fsp3) is 0.455. The van der Waals surface area contributed by atoms with E-state index in [0.29, 0.717) is 19.0 Å². The number of rotatable bonds is 10. The highest BCUT2D eigenvalue weighted by atomic mass is 127. The second-order valence-corrected chi connectivity index (χ2v) is 7.12. The van der Waals surface area contributed by atoms with Crippen LogP contribution in [-0.4, -0.2) is 56.8 Å². The summed E-state index contributed by atoms with van der Waals surface area (Å²) in [5.41, 5.74) is 1.05. The van der Waals surface area contributed by atoms with Crippen molar-refractivity contribution in [3.63, 3.8) is 0 Å².